The first-order chi connectivity index (χ1) is 14.1. The van der Waals surface area contributed by atoms with Gasteiger partial charge in [0.2, 0.25) is 10.4 Å². The van der Waals surface area contributed by atoms with Crippen molar-refractivity contribution < 1.29 is 22.3 Å². The van der Waals surface area contributed by atoms with E-state index in [4.69, 9.17) is 0 Å². The highest BCUT2D eigenvalue weighted by atomic mass is 32.3. The largest absolute Gasteiger partial charge is 0.726 e. The van der Waals surface area contributed by atoms with Gasteiger partial charge in [0, 0.05) is 16.5 Å². The Morgan fingerprint density at radius 3 is 2.07 bits per heavy atom. The third-order valence-corrected chi connectivity index (χ3v) is 6.64. The van der Waals surface area contributed by atoms with Gasteiger partial charge in [-0.2, -0.15) is 0 Å². The van der Waals surface area contributed by atoms with Crippen LogP contribution in [-0.2, 0) is 31.2 Å². The summed E-state index contributed by atoms with van der Waals surface area (Å²) in [5, 5.41) is 9.26. The van der Waals surface area contributed by atoms with Crippen molar-refractivity contribution in [2.75, 3.05) is 6.26 Å². The van der Waals surface area contributed by atoms with Crippen LogP contribution in [0.3, 0.4) is 0 Å². The van der Waals surface area contributed by atoms with Crippen LogP contribution >= 0.6 is 0 Å². The van der Waals surface area contributed by atoms with E-state index in [0.717, 1.165) is 5.75 Å². The predicted molar refractivity (Wildman–Crippen MR) is 120 cm³/mol. The minimum absolute atomic E-state index is 0.190. The second-order valence-corrected chi connectivity index (χ2v) is 9.86. The Bertz CT molecular complexity index is 1000. The predicted octanol–water partition coefficient (Wildman–Crippen LogP) is 4.73. The van der Waals surface area contributed by atoms with E-state index in [0.29, 0.717) is 11.3 Å². The number of rotatable bonds is 6. The lowest BCUT2D eigenvalue weighted by atomic mass is 10.1. The summed E-state index contributed by atoms with van der Waals surface area (Å²) in [5.41, 5.74) is 3.32. The van der Waals surface area contributed by atoms with Crippen LogP contribution in [0.2, 0.25) is 0 Å². The fourth-order valence-corrected chi connectivity index (χ4v) is 4.58. The van der Waals surface area contributed by atoms with Crippen molar-refractivity contribution >= 4 is 21.3 Å². The molecule has 3 aromatic rings. The number of aromatic hydroxyl groups is 1. The third kappa shape index (κ3) is 8.59. The van der Waals surface area contributed by atoms with Gasteiger partial charge in [-0.15, -0.1) is 0 Å². The first-order valence-corrected chi connectivity index (χ1v) is 12.4. The maximum absolute atomic E-state index is 10.2. The zero-order chi connectivity index (χ0) is 22.1. The molecule has 30 heavy (non-hydrogen) atoms. The molecule has 2 unspecified atom stereocenters. The van der Waals surface area contributed by atoms with Gasteiger partial charge in [0.15, 0.2) is 4.90 Å². The minimum Gasteiger partial charge on any atom is -0.726 e. The molecule has 3 aromatic carbocycles. The number of hydrogen-bond donors (Lipinski definition) is 1. The summed E-state index contributed by atoms with van der Waals surface area (Å²) in [5.74, 6) is 1.39. The summed E-state index contributed by atoms with van der Waals surface area (Å²) < 4.78 is 35.0. The number of hydrogen-bond acceptors (Lipinski definition) is 5. The van der Waals surface area contributed by atoms with Crippen molar-refractivity contribution in [3.63, 3.8) is 0 Å². The molecule has 0 heterocycles. The van der Waals surface area contributed by atoms with Crippen molar-refractivity contribution in [1.29, 1.82) is 0 Å². The molecule has 0 saturated carbocycles. The third-order valence-electron chi connectivity index (χ3n) is 4.27. The minimum atomic E-state index is -4.62. The van der Waals surface area contributed by atoms with Gasteiger partial charge < -0.3 is 9.66 Å². The standard InChI is InChI=1S/C15H16OS.C8H10O4S/c1-12-3-5-13(6-4-12)11-17(2)15-9-7-14(16)8-10-15;1-7(12-13(9,10)11)8-5-3-2-4-6-8/h3-10H,11H2,1-2H3;2-7H,1H3,(H,9,10,11). The van der Waals surface area contributed by atoms with E-state index < -0.39 is 16.5 Å². The average Bonchev–Trinajstić information content (AvgIpc) is 2.70. The van der Waals surface area contributed by atoms with E-state index in [1.165, 1.54) is 22.9 Å². The lowest BCUT2D eigenvalue weighted by Gasteiger charge is -2.14. The van der Waals surface area contributed by atoms with Gasteiger partial charge in [0.25, 0.3) is 0 Å². The average molecular weight is 447 g/mol. The summed E-state index contributed by atoms with van der Waals surface area (Å²) in [6, 6.07) is 24.9. The van der Waals surface area contributed by atoms with E-state index in [1.807, 2.05) is 12.1 Å². The molecule has 5 nitrogen and oxygen atoms in total. The molecule has 7 heteroatoms. The lowest BCUT2D eigenvalue weighted by molar-refractivity contribution is 0.196. The van der Waals surface area contributed by atoms with Gasteiger partial charge in [-0.1, -0.05) is 60.2 Å². The van der Waals surface area contributed by atoms with Gasteiger partial charge in [0.05, 0.1) is 6.10 Å². The van der Waals surface area contributed by atoms with Gasteiger partial charge >= 0.3 is 0 Å². The second kappa shape index (κ2) is 11.2. The normalized spacial score (nSPS) is 13.1. The van der Waals surface area contributed by atoms with Crippen LogP contribution in [0.15, 0.2) is 83.8 Å². The molecule has 0 aliphatic carbocycles. The van der Waals surface area contributed by atoms with Crippen molar-refractivity contribution in [1.82, 2.24) is 0 Å². The summed E-state index contributed by atoms with van der Waals surface area (Å²) in [6.45, 7) is 3.61. The van der Waals surface area contributed by atoms with Crippen molar-refractivity contribution in [3.05, 3.63) is 95.6 Å². The van der Waals surface area contributed by atoms with Gasteiger partial charge in [0.1, 0.15) is 17.8 Å². The lowest BCUT2D eigenvalue weighted by Crippen LogP contribution is -2.08. The Kier molecular flexibility index (Phi) is 8.92. The van der Waals surface area contributed by atoms with Gasteiger partial charge in [-0.25, -0.2) is 8.42 Å². The maximum Gasteiger partial charge on any atom is 0.218 e. The Morgan fingerprint density at radius 1 is 0.967 bits per heavy atom. The highest BCUT2D eigenvalue weighted by molar-refractivity contribution is 7.95. The second-order valence-electron chi connectivity index (χ2n) is 6.82. The summed E-state index contributed by atoms with van der Waals surface area (Å²) in [6.07, 6.45) is 1.51. The molecular weight excluding hydrogens is 420 g/mol. The molecule has 0 aliphatic heterocycles. The van der Waals surface area contributed by atoms with Gasteiger partial charge in [-0.3, -0.25) is 4.18 Å². The first kappa shape index (κ1) is 24.0. The first-order valence-electron chi connectivity index (χ1n) is 9.30. The van der Waals surface area contributed by atoms with Crippen LogP contribution in [0.25, 0.3) is 0 Å². The Labute approximate surface area is 181 Å². The maximum atomic E-state index is 10.2. The molecule has 160 valence electrons. The zero-order valence-electron chi connectivity index (χ0n) is 17.2. The van der Waals surface area contributed by atoms with Crippen molar-refractivity contribution in [2.45, 2.75) is 30.6 Å². The Morgan fingerprint density at radius 2 is 1.53 bits per heavy atom. The molecule has 0 radical (unpaired) electrons. The Hall–Kier alpha value is -2.32. The van der Waals surface area contributed by atoms with E-state index in [9.17, 15) is 18.1 Å². The highest BCUT2D eigenvalue weighted by Crippen LogP contribution is 2.20. The number of phenols is 1. The molecule has 0 spiro atoms. The zero-order valence-corrected chi connectivity index (χ0v) is 18.8. The van der Waals surface area contributed by atoms with Gasteiger partial charge in [-0.05, 0) is 43.7 Å². The fraction of sp³-hybridized carbons (Fsp3) is 0.217. The summed E-state index contributed by atoms with van der Waals surface area (Å²) in [4.78, 5) is 1.29. The van der Waals surface area contributed by atoms with E-state index >= 15 is 0 Å². The van der Waals surface area contributed by atoms with Crippen LogP contribution < -0.4 is 0 Å². The number of benzene rings is 3. The quantitative estimate of drug-likeness (QED) is 0.336. The molecular formula is C23H26O5S2. The monoisotopic (exact) mass is 446 g/mol. The molecule has 1 N–H and O–H groups in total. The molecule has 0 amide bonds. The van der Waals surface area contributed by atoms with E-state index in [2.05, 4.69) is 41.6 Å². The summed E-state index contributed by atoms with van der Waals surface area (Å²) >= 11 is 0. The molecule has 0 saturated heterocycles. The van der Waals surface area contributed by atoms with Crippen LogP contribution in [0.4, 0.5) is 0 Å². The molecule has 2 atom stereocenters. The topological polar surface area (TPSA) is 86.7 Å². The smallest absolute Gasteiger partial charge is 0.218 e. The van der Waals surface area contributed by atoms with Crippen molar-refractivity contribution in [2.24, 2.45) is 0 Å². The Balaban J connectivity index is 0.000000222. The fourth-order valence-electron chi connectivity index (χ4n) is 2.65. The molecule has 0 fully saturated rings. The van der Waals surface area contributed by atoms with Crippen molar-refractivity contribution in [3.8, 4) is 5.75 Å². The van der Waals surface area contributed by atoms with Crippen LogP contribution in [0.5, 0.6) is 5.75 Å². The SMILES string of the molecule is CC(OS(=O)(=O)[O-])c1ccccc1.Cc1ccc(C[S+](C)c2ccc(O)cc2)cc1. The molecule has 0 aliphatic rings. The van der Waals surface area contributed by atoms with Crippen LogP contribution in [0.1, 0.15) is 29.7 Å². The van der Waals surface area contributed by atoms with E-state index in [1.54, 1.807) is 42.5 Å². The highest BCUT2D eigenvalue weighted by Gasteiger charge is 2.15. The van der Waals surface area contributed by atoms with Crippen LogP contribution in [0, 0.1) is 6.92 Å². The molecule has 0 aromatic heterocycles. The van der Waals surface area contributed by atoms with E-state index in [-0.39, 0.29) is 10.9 Å². The van der Waals surface area contributed by atoms with Crippen LogP contribution in [-0.4, -0.2) is 24.3 Å². The molecule has 3 rings (SSSR count). The molecule has 0 bridgehead atoms. The summed E-state index contributed by atoms with van der Waals surface area (Å²) in [7, 11) is -4.43. The number of phenolic OH excluding ortho intramolecular Hbond substituents is 1. The number of aryl methyl sites for hydroxylation is 1.